The van der Waals surface area contributed by atoms with Gasteiger partial charge in [-0.25, -0.2) is 14.7 Å². The molecule has 0 unspecified atom stereocenters. The molecule has 0 aliphatic carbocycles. The highest BCUT2D eigenvalue weighted by molar-refractivity contribution is 6.34. The topological polar surface area (TPSA) is 93.6 Å². The Morgan fingerprint density at radius 1 is 0.756 bits per heavy atom. The van der Waals surface area contributed by atoms with E-state index in [4.69, 9.17) is 9.72 Å². The fraction of sp³-hybridized carbons (Fsp3) is 0.0882. The monoisotopic (exact) mass is 540 g/mol. The number of benzene rings is 4. The number of carbonyl (C=O) groups is 4. The fourth-order valence-corrected chi connectivity index (χ4v) is 4.89. The van der Waals surface area contributed by atoms with Gasteiger partial charge in [0.05, 0.1) is 33.6 Å². The quantitative estimate of drug-likeness (QED) is 0.141. The summed E-state index contributed by atoms with van der Waals surface area (Å²) in [6.07, 6.45) is 0. The van der Waals surface area contributed by atoms with Gasteiger partial charge in [0, 0.05) is 16.5 Å². The lowest BCUT2D eigenvalue weighted by Crippen LogP contribution is -2.29. The van der Waals surface area contributed by atoms with Crippen molar-refractivity contribution in [3.05, 3.63) is 130 Å². The van der Waals surface area contributed by atoms with Crippen LogP contribution in [0.4, 0.5) is 5.69 Å². The van der Waals surface area contributed by atoms with Crippen LogP contribution in [0.5, 0.6) is 0 Å². The smallest absolute Gasteiger partial charge is 0.339 e. The zero-order valence-corrected chi connectivity index (χ0v) is 22.4. The van der Waals surface area contributed by atoms with Gasteiger partial charge in [-0.05, 0) is 56.3 Å². The zero-order chi connectivity index (χ0) is 28.7. The van der Waals surface area contributed by atoms with E-state index in [-0.39, 0.29) is 29.8 Å². The summed E-state index contributed by atoms with van der Waals surface area (Å²) in [5, 5.41) is 0.615. The van der Waals surface area contributed by atoms with Crippen LogP contribution in [0.3, 0.4) is 0 Å². The Morgan fingerprint density at radius 3 is 2.05 bits per heavy atom. The zero-order valence-electron chi connectivity index (χ0n) is 22.4. The number of anilines is 1. The van der Waals surface area contributed by atoms with Crippen molar-refractivity contribution in [3.8, 4) is 11.3 Å². The van der Waals surface area contributed by atoms with Gasteiger partial charge in [-0.2, -0.15) is 0 Å². The molecule has 200 valence electrons. The van der Waals surface area contributed by atoms with Crippen LogP contribution in [-0.4, -0.2) is 35.2 Å². The molecule has 0 atom stereocenters. The summed E-state index contributed by atoms with van der Waals surface area (Å²) in [5.74, 6) is -1.67. The highest BCUT2D eigenvalue weighted by Gasteiger charge is 2.36. The van der Waals surface area contributed by atoms with Crippen LogP contribution < -0.4 is 4.90 Å². The molecule has 0 saturated heterocycles. The maximum Gasteiger partial charge on any atom is 0.339 e. The SMILES string of the molecule is Cc1ccc(C(=O)COC(=O)c2cc(-c3ccc(N4C(=O)c5ccccc5C4=O)cc3)nc3ccc(C)cc23)cc1. The predicted molar refractivity (Wildman–Crippen MR) is 155 cm³/mol. The summed E-state index contributed by atoms with van der Waals surface area (Å²) in [6.45, 7) is 3.46. The van der Waals surface area contributed by atoms with Crippen LogP contribution in [0.15, 0.2) is 97.1 Å². The Labute approximate surface area is 236 Å². The lowest BCUT2D eigenvalue weighted by atomic mass is 10.0. The number of ketones is 1. The van der Waals surface area contributed by atoms with Gasteiger partial charge in [-0.3, -0.25) is 14.4 Å². The summed E-state index contributed by atoms with van der Waals surface area (Å²) >= 11 is 0. The van der Waals surface area contributed by atoms with Crippen LogP contribution in [0.25, 0.3) is 22.2 Å². The number of aromatic nitrogens is 1. The standard InChI is InChI=1S/C34H24N2O5/c1-20-7-10-23(11-8-20)31(37)19-41-34(40)28-18-30(35-29-16-9-21(2)17-27(28)29)22-12-14-24(15-13-22)36-32(38)25-5-3-4-6-26(25)33(36)39/h3-18H,19H2,1-2H3. The Kier molecular flexibility index (Phi) is 6.47. The lowest BCUT2D eigenvalue weighted by Gasteiger charge is -2.15. The number of fused-ring (bicyclic) bond motifs is 2. The van der Waals surface area contributed by atoms with Crippen molar-refractivity contribution in [2.24, 2.45) is 0 Å². The molecule has 1 aliphatic rings. The van der Waals surface area contributed by atoms with Crippen molar-refractivity contribution >= 4 is 40.2 Å². The van der Waals surface area contributed by atoms with E-state index in [1.165, 1.54) is 0 Å². The third-order valence-corrected chi connectivity index (χ3v) is 7.11. The summed E-state index contributed by atoms with van der Waals surface area (Å²) < 4.78 is 5.46. The number of imide groups is 1. The van der Waals surface area contributed by atoms with Crippen LogP contribution in [0.2, 0.25) is 0 Å². The van der Waals surface area contributed by atoms with E-state index in [9.17, 15) is 19.2 Å². The van der Waals surface area contributed by atoms with Crippen LogP contribution >= 0.6 is 0 Å². The van der Waals surface area contributed by atoms with E-state index in [0.29, 0.717) is 44.5 Å². The highest BCUT2D eigenvalue weighted by Crippen LogP contribution is 2.31. The Bertz CT molecular complexity index is 1840. The minimum Gasteiger partial charge on any atom is -0.454 e. The van der Waals surface area contributed by atoms with Crippen LogP contribution in [0.1, 0.15) is 52.6 Å². The van der Waals surface area contributed by atoms with E-state index >= 15 is 0 Å². The predicted octanol–water partition coefficient (Wildman–Crippen LogP) is 6.36. The van der Waals surface area contributed by atoms with Crippen molar-refractivity contribution in [1.82, 2.24) is 4.98 Å². The average Bonchev–Trinajstić information content (AvgIpc) is 3.25. The first-order valence-corrected chi connectivity index (χ1v) is 13.1. The van der Waals surface area contributed by atoms with Gasteiger partial charge in [-0.15, -0.1) is 0 Å². The molecule has 7 heteroatoms. The fourth-order valence-electron chi connectivity index (χ4n) is 4.89. The van der Waals surface area contributed by atoms with Gasteiger partial charge < -0.3 is 4.74 Å². The van der Waals surface area contributed by atoms with Crippen molar-refractivity contribution < 1.29 is 23.9 Å². The van der Waals surface area contributed by atoms with Gasteiger partial charge in [0.1, 0.15) is 0 Å². The largest absolute Gasteiger partial charge is 0.454 e. The molecular formula is C34H24N2O5. The molecule has 1 aromatic heterocycles. The second-order valence-corrected chi connectivity index (χ2v) is 9.98. The molecule has 5 aromatic rings. The number of aryl methyl sites for hydroxylation is 2. The number of carbonyl (C=O) groups excluding carboxylic acids is 4. The molecule has 0 fully saturated rings. The van der Waals surface area contributed by atoms with Crippen LogP contribution in [-0.2, 0) is 4.74 Å². The van der Waals surface area contributed by atoms with Crippen molar-refractivity contribution in [3.63, 3.8) is 0 Å². The van der Waals surface area contributed by atoms with Crippen molar-refractivity contribution in [2.45, 2.75) is 13.8 Å². The van der Waals surface area contributed by atoms with Gasteiger partial charge in [0.25, 0.3) is 11.8 Å². The molecule has 2 amide bonds. The number of esters is 1. The summed E-state index contributed by atoms with van der Waals surface area (Å²) in [5.41, 5.74) is 5.69. The molecule has 0 N–H and O–H groups in total. The lowest BCUT2D eigenvalue weighted by molar-refractivity contribution is 0.0476. The van der Waals surface area contributed by atoms with E-state index < -0.39 is 5.97 Å². The highest BCUT2D eigenvalue weighted by atomic mass is 16.5. The van der Waals surface area contributed by atoms with Gasteiger partial charge >= 0.3 is 5.97 Å². The van der Waals surface area contributed by atoms with Gasteiger partial charge in [-0.1, -0.05) is 65.7 Å². The summed E-state index contributed by atoms with van der Waals surface area (Å²) in [7, 11) is 0. The molecule has 7 nitrogen and oxygen atoms in total. The first kappa shape index (κ1) is 25.8. The molecule has 2 heterocycles. The normalized spacial score (nSPS) is 12.5. The molecular weight excluding hydrogens is 516 g/mol. The molecule has 0 saturated carbocycles. The molecule has 4 aromatic carbocycles. The van der Waals surface area contributed by atoms with E-state index in [1.807, 2.05) is 44.2 Å². The molecule has 1 aliphatic heterocycles. The Morgan fingerprint density at radius 2 is 1.39 bits per heavy atom. The number of ether oxygens (including phenoxy) is 1. The number of amides is 2. The molecule has 6 rings (SSSR count). The molecule has 0 bridgehead atoms. The molecule has 0 radical (unpaired) electrons. The third kappa shape index (κ3) is 4.78. The number of hydrogen-bond donors (Lipinski definition) is 0. The Balaban J connectivity index is 1.29. The minimum atomic E-state index is -0.632. The average molecular weight is 541 g/mol. The van der Waals surface area contributed by atoms with Gasteiger partial charge in [0.2, 0.25) is 0 Å². The number of rotatable bonds is 6. The first-order valence-electron chi connectivity index (χ1n) is 13.1. The van der Waals surface area contributed by atoms with Crippen LogP contribution in [0, 0.1) is 13.8 Å². The first-order chi connectivity index (χ1) is 19.8. The second-order valence-electron chi connectivity index (χ2n) is 9.98. The third-order valence-electron chi connectivity index (χ3n) is 7.11. The molecule has 0 spiro atoms. The summed E-state index contributed by atoms with van der Waals surface area (Å²) in [4.78, 5) is 57.6. The summed E-state index contributed by atoms with van der Waals surface area (Å²) in [6, 6.07) is 27.9. The number of hydrogen-bond acceptors (Lipinski definition) is 6. The maximum atomic E-state index is 13.3. The minimum absolute atomic E-state index is 0.287. The second kappa shape index (κ2) is 10.3. The van der Waals surface area contributed by atoms with E-state index in [0.717, 1.165) is 16.0 Å². The Hall–Kier alpha value is -5.43. The van der Waals surface area contributed by atoms with E-state index in [2.05, 4.69) is 0 Å². The number of nitrogens with zero attached hydrogens (tertiary/aromatic N) is 2. The number of pyridine rings is 1. The van der Waals surface area contributed by atoms with Crippen molar-refractivity contribution in [1.29, 1.82) is 0 Å². The maximum absolute atomic E-state index is 13.3. The molecule has 41 heavy (non-hydrogen) atoms. The van der Waals surface area contributed by atoms with E-state index in [1.54, 1.807) is 66.7 Å². The van der Waals surface area contributed by atoms with Gasteiger partial charge in [0.15, 0.2) is 12.4 Å². The number of Topliss-reactive ketones (excluding diaryl/α,β-unsaturated/α-hetero) is 1. The van der Waals surface area contributed by atoms with Crippen molar-refractivity contribution in [2.75, 3.05) is 11.5 Å².